The van der Waals surface area contributed by atoms with Gasteiger partial charge in [0, 0.05) is 12.5 Å². The summed E-state index contributed by atoms with van der Waals surface area (Å²) in [5, 5.41) is 13.7. The van der Waals surface area contributed by atoms with Crippen molar-refractivity contribution in [2.45, 2.75) is 31.8 Å². The molecule has 4 rings (SSSR count). The van der Waals surface area contributed by atoms with Crippen LogP contribution in [0.4, 0.5) is 5.13 Å². The highest BCUT2D eigenvalue weighted by molar-refractivity contribution is 7.16. The fourth-order valence-electron chi connectivity index (χ4n) is 2.98. The first-order valence-electron chi connectivity index (χ1n) is 8.28. The van der Waals surface area contributed by atoms with E-state index < -0.39 is 0 Å². The maximum atomic E-state index is 12.6. The number of ether oxygens (including phenoxy) is 1. The number of anilines is 1. The summed E-state index contributed by atoms with van der Waals surface area (Å²) >= 11 is 2.79. The van der Waals surface area contributed by atoms with Gasteiger partial charge in [0.05, 0.1) is 12.3 Å². The molecule has 6 nitrogen and oxygen atoms in total. The van der Waals surface area contributed by atoms with Gasteiger partial charge in [-0.1, -0.05) is 41.7 Å². The van der Waals surface area contributed by atoms with Crippen molar-refractivity contribution in [3.63, 3.8) is 0 Å². The van der Waals surface area contributed by atoms with E-state index in [-0.39, 0.29) is 11.3 Å². The predicted octanol–water partition coefficient (Wildman–Crippen LogP) is 3.78. The molecule has 0 unspecified atom stereocenters. The van der Waals surface area contributed by atoms with Crippen LogP contribution in [0.25, 0.3) is 0 Å². The number of carbonyl (C=O) groups excluding carboxylic acids is 1. The smallest absolute Gasteiger partial charge is 0.269 e. The van der Waals surface area contributed by atoms with E-state index in [1.165, 1.54) is 28.2 Å². The molecule has 1 aliphatic rings. The van der Waals surface area contributed by atoms with E-state index in [0.29, 0.717) is 22.3 Å². The quantitative estimate of drug-likeness (QED) is 0.698. The lowest BCUT2D eigenvalue weighted by Crippen LogP contribution is -2.11. The Hall–Kier alpha value is -2.16. The van der Waals surface area contributed by atoms with E-state index in [0.717, 1.165) is 22.9 Å². The molecule has 0 radical (unpaired) electrons. The van der Waals surface area contributed by atoms with E-state index in [4.69, 9.17) is 4.74 Å². The topological polar surface area (TPSA) is 77.0 Å². The molecule has 1 saturated carbocycles. The van der Waals surface area contributed by atoms with Crippen molar-refractivity contribution in [2.24, 2.45) is 0 Å². The summed E-state index contributed by atoms with van der Waals surface area (Å²) in [5.74, 6) is -0.199. The highest BCUT2D eigenvalue weighted by Crippen LogP contribution is 2.54. The van der Waals surface area contributed by atoms with Gasteiger partial charge < -0.3 is 4.74 Å². The number of methoxy groups -OCH3 is 1. The van der Waals surface area contributed by atoms with Gasteiger partial charge in [0.1, 0.15) is 14.9 Å². The lowest BCUT2D eigenvalue weighted by atomic mass is 9.97. The minimum Gasteiger partial charge on any atom is -0.378 e. The molecular weight excluding hydrogens is 368 g/mol. The van der Waals surface area contributed by atoms with Crippen LogP contribution in [0.2, 0.25) is 0 Å². The van der Waals surface area contributed by atoms with Gasteiger partial charge in [0.25, 0.3) is 5.91 Å². The number of nitrogens with one attached hydrogen (secondary N) is 1. The van der Waals surface area contributed by atoms with Gasteiger partial charge >= 0.3 is 0 Å². The maximum absolute atomic E-state index is 12.6. The van der Waals surface area contributed by atoms with E-state index in [1.54, 1.807) is 7.11 Å². The van der Waals surface area contributed by atoms with Crippen molar-refractivity contribution in [3.05, 3.63) is 56.5 Å². The number of benzene rings is 1. The Kier molecular flexibility index (Phi) is 4.56. The van der Waals surface area contributed by atoms with Crippen molar-refractivity contribution in [2.75, 3.05) is 12.4 Å². The molecule has 0 spiro atoms. The Morgan fingerprint density at radius 3 is 2.69 bits per heavy atom. The molecule has 0 atom stereocenters. The second-order valence-electron chi connectivity index (χ2n) is 6.27. The van der Waals surface area contributed by atoms with Gasteiger partial charge in [-0.3, -0.25) is 10.1 Å². The number of rotatable bonds is 6. The average molecular weight is 387 g/mol. The van der Waals surface area contributed by atoms with Crippen LogP contribution in [0.1, 0.15) is 43.8 Å². The number of hydrogen-bond donors (Lipinski definition) is 1. The highest BCUT2D eigenvalue weighted by atomic mass is 32.1. The Balaban J connectivity index is 1.52. The zero-order valence-electron chi connectivity index (χ0n) is 14.5. The number of aromatic nitrogens is 3. The SMILES string of the molecule is COCc1nc(C)c(C(=O)Nc2nnc(C3(c4ccccc4)CC3)s2)s1. The fraction of sp³-hybridized carbons (Fsp3) is 0.333. The van der Waals surface area contributed by atoms with Crippen LogP contribution in [0.5, 0.6) is 0 Å². The number of nitrogens with zero attached hydrogens (tertiary/aromatic N) is 3. The van der Waals surface area contributed by atoms with E-state index >= 15 is 0 Å². The summed E-state index contributed by atoms with van der Waals surface area (Å²) in [6.07, 6.45) is 2.13. The summed E-state index contributed by atoms with van der Waals surface area (Å²) in [6.45, 7) is 2.23. The molecule has 2 aromatic heterocycles. The van der Waals surface area contributed by atoms with Gasteiger partial charge in [-0.05, 0) is 25.3 Å². The predicted molar refractivity (Wildman–Crippen MR) is 102 cm³/mol. The summed E-state index contributed by atoms with van der Waals surface area (Å²) in [7, 11) is 1.61. The average Bonchev–Trinajstić information content (AvgIpc) is 3.18. The molecule has 0 aliphatic heterocycles. The third-order valence-corrected chi connectivity index (χ3v) is 6.62. The van der Waals surface area contributed by atoms with Crippen LogP contribution in [0.3, 0.4) is 0 Å². The van der Waals surface area contributed by atoms with Crippen LogP contribution in [0, 0.1) is 6.92 Å². The first-order chi connectivity index (χ1) is 12.6. The van der Waals surface area contributed by atoms with Crippen LogP contribution >= 0.6 is 22.7 Å². The first kappa shape index (κ1) is 17.3. The number of hydrogen-bond acceptors (Lipinski definition) is 7. The minimum absolute atomic E-state index is 0.0338. The van der Waals surface area contributed by atoms with Gasteiger partial charge in [0.15, 0.2) is 0 Å². The van der Waals surface area contributed by atoms with Gasteiger partial charge in [0.2, 0.25) is 5.13 Å². The number of amides is 1. The molecular formula is C18H18N4O2S2. The lowest BCUT2D eigenvalue weighted by Gasteiger charge is -2.10. The maximum Gasteiger partial charge on any atom is 0.269 e. The Bertz CT molecular complexity index is 932. The third-order valence-electron chi connectivity index (χ3n) is 4.45. The molecule has 134 valence electrons. The molecule has 0 saturated heterocycles. The minimum atomic E-state index is -0.199. The van der Waals surface area contributed by atoms with E-state index in [2.05, 4.69) is 32.6 Å². The highest BCUT2D eigenvalue weighted by Gasteiger charge is 2.48. The fourth-order valence-corrected chi connectivity index (χ4v) is 4.92. The van der Waals surface area contributed by atoms with Crippen LogP contribution in [-0.4, -0.2) is 28.2 Å². The molecule has 3 aromatic rings. The standard InChI is InChI=1S/C18H18N4O2S2/c1-11-14(25-13(19-11)10-24-2)15(23)20-17-22-21-16(26-17)18(8-9-18)12-6-4-3-5-7-12/h3-7H,8-10H2,1-2H3,(H,20,22,23). The van der Waals surface area contributed by atoms with Crippen molar-refractivity contribution >= 4 is 33.7 Å². The zero-order chi connectivity index (χ0) is 18.1. The van der Waals surface area contributed by atoms with Gasteiger partial charge in [-0.2, -0.15) is 0 Å². The number of aryl methyl sites for hydroxylation is 1. The van der Waals surface area contributed by atoms with Crippen molar-refractivity contribution < 1.29 is 9.53 Å². The van der Waals surface area contributed by atoms with E-state index in [9.17, 15) is 4.79 Å². The van der Waals surface area contributed by atoms with Crippen LogP contribution < -0.4 is 5.32 Å². The van der Waals surface area contributed by atoms with Crippen LogP contribution in [0.15, 0.2) is 30.3 Å². The molecule has 0 bridgehead atoms. The second kappa shape index (κ2) is 6.86. The van der Waals surface area contributed by atoms with Crippen LogP contribution in [-0.2, 0) is 16.8 Å². The van der Waals surface area contributed by atoms with Gasteiger partial charge in [-0.15, -0.1) is 21.5 Å². The number of thiazole rings is 1. The largest absolute Gasteiger partial charge is 0.378 e. The summed E-state index contributed by atoms with van der Waals surface area (Å²) in [6, 6.07) is 10.4. The Labute approximate surface area is 159 Å². The number of carbonyl (C=O) groups is 1. The Morgan fingerprint density at radius 2 is 2.00 bits per heavy atom. The zero-order valence-corrected chi connectivity index (χ0v) is 16.1. The van der Waals surface area contributed by atoms with E-state index in [1.807, 2.05) is 25.1 Å². The lowest BCUT2D eigenvalue weighted by molar-refractivity contribution is 0.102. The second-order valence-corrected chi connectivity index (χ2v) is 8.33. The van der Waals surface area contributed by atoms with Crippen molar-refractivity contribution in [1.29, 1.82) is 0 Å². The Morgan fingerprint density at radius 1 is 1.23 bits per heavy atom. The molecule has 2 heterocycles. The summed E-state index contributed by atoms with van der Waals surface area (Å²) in [5.41, 5.74) is 1.93. The monoisotopic (exact) mass is 386 g/mol. The normalized spacial score (nSPS) is 15.0. The summed E-state index contributed by atoms with van der Waals surface area (Å²) < 4.78 is 5.08. The molecule has 8 heteroatoms. The van der Waals surface area contributed by atoms with Crippen molar-refractivity contribution in [3.8, 4) is 0 Å². The first-order valence-corrected chi connectivity index (χ1v) is 9.92. The molecule has 1 N–H and O–H groups in total. The molecule has 1 aliphatic carbocycles. The molecule has 26 heavy (non-hydrogen) atoms. The summed E-state index contributed by atoms with van der Waals surface area (Å²) in [4.78, 5) is 17.5. The van der Waals surface area contributed by atoms with Crippen molar-refractivity contribution in [1.82, 2.24) is 15.2 Å². The molecule has 1 amide bonds. The van der Waals surface area contributed by atoms with Gasteiger partial charge in [-0.25, -0.2) is 4.98 Å². The molecule has 1 aromatic carbocycles. The molecule has 1 fully saturated rings. The third kappa shape index (κ3) is 3.15.